The van der Waals surface area contributed by atoms with E-state index in [4.69, 9.17) is 15.0 Å². The number of anilines is 1. The van der Waals surface area contributed by atoms with Crippen molar-refractivity contribution in [2.75, 3.05) is 19.4 Å². The normalized spacial score (nSPS) is 10.4. The van der Waals surface area contributed by atoms with Gasteiger partial charge in [0, 0.05) is 29.4 Å². The molecule has 5 heteroatoms. The van der Waals surface area contributed by atoms with Crippen LogP contribution < -0.4 is 11.1 Å². The topological polar surface area (TPSA) is 76.7 Å². The molecule has 5 aromatic carbocycles. The molecule has 0 aliphatic carbocycles. The van der Waals surface area contributed by atoms with Gasteiger partial charge in [-0.2, -0.15) is 0 Å². The average molecular weight is 522 g/mol. The Morgan fingerprint density at radius 2 is 0.750 bits per heavy atom. The van der Waals surface area contributed by atoms with Gasteiger partial charge in [0.05, 0.1) is 0 Å². The van der Waals surface area contributed by atoms with E-state index in [1.165, 1.54) is 7.05 Å². The Hall–Kier alpha value is -5.13. The maximum absolute atomic E-state index is 4.96. The Bertz CT molecular complexity index is 1610. The van der Waals surface area contributed by atoms with Gasteiger partial charge in [-0.3, -0.25) is 0 Å². The minimum Gasteiger partial charge on any atom is -0.388 e. The summed E-state index contributed by atoms with van der Waals surface area (Å²) in [5.74, 6) is 1.95. The van der Waals surface area contributed by atoms with E-state index in [2.05, 4.69) is 77.8 Å². The summed E-state index contributed by atoms with van der Waals surface area (Å²) in [6.45, 7) is 0. The first-order valence-electron chi connectivity index (χ1n) is 13.2. The molecular formula is C35H31N5. The van der Waals surface area contributed by atoms with Crippen molar-refractivity contribution in [2.24, 2.45) is 5.73 Å². The van der Waals surface area contributed by atoms with Crippen molar-refractivity contribution in [3.05, 3.63) is 133 Å². The summed E-state index contributed by atoms with van der Waals surface area (Å²) >= 11 is 0. The third kappa shape index (κ3) is 5.96. The van der Waals surface area contributed by atoms with E-state index < -0.39 is 0 Å². The molecule has 0 unspecified atom stereocenters. The van der Waals surface area contributed by atoms with Crippen LogP contribution in [0.1, 0.15) is 0 Å². The summed E-state index contributed by atoms with van der Waals surface area (Å²) in [6, 6.07) is 45.6. The van der Waals surface area contributed by atoms with E-state index in [9.17, 15) is 0 Å². The zero-order chi connectivity index (χ0) is 27.7. The van der Waals surface area contributed by atoms with E-state index >= 15 is 0 Å². The Morgan fingerprint density at radius 3 is 1.18 bits per heavy atom. The fourth-order valence-corrected chi connectivity index (χ4v) is 4.49. The largest absolute Gasteiger partial charge is 0.388 e. The lowest BCUT2D eigenvalue weighted by Gasteiger charge is -2.13. The van der Waals surface area contributed by atoms with Crippen LogP contribution in [-0.2, 0) is 0 Å². The molecule has 6 aromatic rings. The lowest BCUT2D eigenvalue weighted by Crippen LogP contribution is -2.00. The lowest BCUT2D eigenvalue weighted by atomic mass is 9.95. The number of nitrogens with one attached hydrogen (secondary N) is 1. The standard InChI is InChI=1S/C34H26N4.CH5N/c1-35-31-19-17-25(18-20-31)29-21-28(24-11-5-2-6-12-24)22-30(23-29)34-37-32(26-13-7-3-8-14-26)36-33(38-34)27-15-9-4-10-16-27;1-2/h2-23,35H,1H3;2H2,1H3. The van der Waals surface area contributed by atoms with E-state index in [1.54, 1.807) is 0 Å². The van der Waals surface area contributed by atoms with Gasteiger partial charge in [-0.15, -0.1) is 0 Å². The number of benzene rings is 5. The molecule has 5 nitrogen and oxygen atoms in total. The molecule has 1 heterocycles. The molecular weight excluding hydrogens is 490 g/mol. The third-order valence-electron chi connectivity index (χ3n) is 6.50. The Labute approximate surface area is 235 Å². The second-order valence-corrected chi connectivity index (χ2v) is 9.03. The predicted octanol–water partition coefficient (Wildman–Crippen LogP) is 7.82. The quantitative estimate of drug-likeness (QED) is 0.234. The smallest absolute Gasteiger partial charge is 0.164 e. The maximum Gasteiger partial charge on any atom is 0.164 e. The van der Waals surface area contributed by atoms with Gasteiger partial charge in [-0.25, -0.2) is 15.0 Å². The molecule has 3 N–H and O–H groups in total. The van der Waals surface area contributed by atoms with Crippen LogP contribution in [0.5, 0.6) is 0 Å². The third-order valence-corrected chi connectivity index (χ3v) is 6.50. The van der Waals surface area contributed by atoms with Gasteiger partial charge >= 0.3 is 0 Å². The van der Waals surface area contributed by atoms with Crippen LogP contribution in [0, 0.1) is 0 Å². The van der Waals surface area contributed by atoms with Gasteiger partial charge in [0.25, 0.3) is 0 Å². The molecule has 0 aliphatic rings. The molecule has 6 rings (SSSR count). The molecule has 0 radical (unpaired) electrons. The van der Waals surface area contributed by atoms with Gasteiger partial charge in [0.2, 0.25) is 0 Å². The monoisotopic (exact) mass is 521 g/mol. The molecule has 0 spiro atoms. The van der Waals surface area contributed by atoms with E-state index in [1.807, 2.05) is 73.8 Å². The molecule has 0 fully saturated rings. The number of hydrogen-bond acceptors (Lipinski definition) is 5. The van der Waals surface area contributed by atoms with Gasteiger partial charge < -0.3 is 11.1 Å². The summed E-state index contributed by atoms with van der Waals surface area (Å²) < 4.78 is 0. The van der Waals surface area contributed by atoms with Crippen LogP contribution in [0.15, 0.2) is 133 Å². The Kier molecular flexibility index (Phi) is 8.35. The fraction of sp³-hybridized carbons (Fsp3) is 0.0571. The van der Waals surface area contributed by atoms with E-state index in [0.717, 1.165) is 44.6 Å². The van der Waals surface area contributed by atoms with Crippen molar-refractivity contribution in [2.45, 2.75) is 0 Å². The first-order valence-corrected chi connectivity index (χ1v) is 13.2. The van der Waals surface area contributed by atoms with Gasteiger partial charge in [0.1, 0.15) is 0 Å². The molecule has 40 heavy (non-hydrogen) atoms. The first kappa shape index (κ1) is 26.5. The highest BCUT2D eigenvalue weighted by molar-refractivity contribution is 5.80. The van der Waals surface area contributed by atoms with Crippen molar-refractivity contribution in [3.63, 3.8) is 0 Å². The van der Waals surface area contributed by atoms with Crippen LogP contribution in [0.4, 0.5) is 5.69 Å². The second kappa shape index (κ2) is 12.6. The highest BCUT2D eigenvalue weighted by atomic mass is 15.0. The molecule has 0 saturated carbocycles. The van der Waals surface area contributed by atoms with Gasteiger partial charge in [0.15, 0.2) is 17.5 Å². The molecule has 196 valence electrons. The number of nitrogens with two attached hydrogens (primary N) is 1. The molecule has 0 amide bonds. The maximum atomic E-state index is 4.96. The van der Waals surface area contributed by atoms with Crippen LogP contribution in [0.25, 0.3) is 56.4 Å². The van der Waals surface area contributed by atoms with Crippen LogP contribution in [0.2, 0.25) is 0 Å². The average Bonchev–Trinajstić information content (AvgIpc) is 3.06. The summed E-state index contributed by atoms with van der Waals surface area (Å²) in [5, 5.41) is 3.20. The van der Waals surface area contributed by atoms with Crippen molar-refractivity contribution < 1.29 is 0 Å². The van der Waals surface area contributed by atoms with Crippen LogP contribution >= 0.6 is 0 Å². The minimum atomic E-state index is 0.642. The minimum absolute atomic E-state index is 0.642. The molecule has 0 bridgehead atoms. The van der Waals surface area contributed by atoms with Crippen molar-refractivity contribution >= 4 is 5.69 Å². The Balaban J connectivity index is 0.00000158. The lowest BCUT2D eigenvalue weighted by molar-refractivity contribution is 1.07. The highest BCUT2D eigenvalue weighted by Crippen LogP contribution is 2.33. The van der Waals surface area contributed by atoms with E-state index in [-0.39, 0.29) is 0 Å². The summed E-state index contributed by atoms with van der Waals surface area (Å²) in [7, 11) is 3.43. The Morgan fingerprint density at radius 1 is 0.400 bits per heavy atom. The van der Waals surface area contributed by atoms with E-state index in [0.29, 0.717) is 17.5 Å². The molecule has 0 atom stereocenters. The number of hydrogen-bond donors (Lipinski definition) is 2. The summed E-state index contributed by atoms with van der Waals surface area (Å²) in [6.07, 6.45) is 0. The predicted molar refractivity (Wildman–Crippen MR) is 167 cm³/mol. The highest BCUT2D eigenvalue weighted by Gasteiger charge is 2.14. The van der Waals surface area contributed by atoms with Crippen molar-refractivity contribution in [1.29, 1.82) is 0 Å². The zero-order valence-electron chi connectivity index (χ0n) is 22.6. The van der Waals surface area contributed by atoms with Crippen LogP contribution in [0.3, 0.4) is 0 Å². The second-order valence-electron chi connectivity index (χ2n) is 9.03. The fourth-order valence-electron chi connectivity index (χ4n) is 4.49. The van der Waals surface area contributed by atoms with Crippen LogP contribution in [-0.4, -0.2) is 29.0 Å². The van der Waals surface area contributed by atoms with Gasteiger partial charge in [-0.1, -0.05) is 103 Å². The molecule has 1 aromatic heterocycles. The van der Waals surface area contributed by atoms with Crippen molar-refractivity contribution in [1.82, 2.24) is 15.0 Å². The first-order chi connectivity index (χ1) is 19.8. The summed E-state index contributed by atoms with van der Waals surface area (Å²) in [5.41, 5.74) is 12.9. The zero-order valence-corrected chi connectivity index (χ0v) is 22.6. The SMILES string of the molecule is CN.CNc1ccc(-c2cc(-c3ccccc3)cc(-c3nc(-c4ccccc4)nc(-c4ccccc4)n3)c2)cc1. The number of nitrogens with zero attached hydrogens (tertiary/aromatic N) is 3. The molecule has 0 saturated heterocycles. The van der Waals surface area contributed by atoms with Gasteiger partial charge in [-0.05, 0) is 59.6 Å². The molecule has 0 aliphatic heterocycles. The summed E-state index contributed by atoms with van der Waals surface area (Å²) in [4.78, 5) is 14.8. The number of aromatic nitrogens is 3. The number of rotatable bonds is 6. The van der Waals surface area contributed by atoms with Crippen molar-refractivity contribution in [3.8, 4) is 56.4 Å².